The highest BCUT2D eigenvalue weighted by Gasteiger charge is 2.17. The summed E-state index contributed by atoms with van der Waals surface area (Å²) in [7, 11) is 0. The summed E-state index contributed by atoms with van der Waals surface area (Å²) in [6.45, 7) is 2.26. The van der Waals surface area contributed by atoms with Crippen molar-refractivity contribution in [3.8, 4) is 5.75 Å². The first-order valence-corrected chi connectivity index (χ1v) is 8.25. The lowest BCUT2D eigenvalue weighted by Gasteiger charge is -2.09. The van der Waals surface area contributed by atoms with E-state index >= 15 is 0 Å². The molecule has 0 saturated heterocycles. The molecule has 0 atom stereocenters. The lowest BCUT2D eigenvalue weighted by atomic mass is 10.2. The van der Waals surface area contributed by atoms with E-state index in [2.05, 4.69) is 5.32 Å². The van der Waals surface area contributed by atoms with E-state index in [9.17, 15) is 14.9 Å². The van der Waals surface area contributed by atoms with Crippen molar-refractivity contribution in [3.05, 3.63) is 63.2 Å². The van der Waals surface area contributed by atoms with Gasteiger partial charge in [0.1, 0.15) is 12.4 Å². The molecule has 0 aromatic heterocycles. The third-order valence-electron chi connectivity index (χ3n) is 2.98. The van der Waals surface area contributed by atoms with Gasteiger partial charge in [0, 0.05) is 6.07 Å². The maximum absolute atomic E-state index is 11.9. The van der Waals surface area contributed by atoms with E-state index in [1.54, 1.807) is 43.3 Å². The number of benzene rings is 2. The van der Waals surface area contributed by atoms with Crippen molar-refractivity contribution in [2.24, 2.45) is 0 Å². The number of hydrogen-bond acceptors (Lipinski definition) is 5. The predicted octanol–water partition coefficient (Wildman–Crippen LogP) is 4.44. The minimum atomic E-state index is -0.497. The maximum atomic E-state index is 11.9. The Balaban J connectivity index is 1.84. The van der Waals surface area contributed by atoms with Crippen LogP contribution >= 0.6 is 23.4 Å². The fourth-order valence-corrected chi connectivity index (χ4v) is 2.81. The number of para-hydroxylation sites is 1. The molecule has 2 rings (SSSR count). The summed E-state index contributed by atoms with van der Waals surface area (Å²) in [6.07, 6.45) is 0. The molecule has 0 radical (unpaired) electrons. The number of carbonyl (C=O) groups excluding carboxylic acids is 1. The molecular formula is C16H15ClN2O4S. The molecule has 0 aliphatic heterocycles. The van der Waals surface area contributed by atoms with Gasteiger partial charge in [-0.2, -0.15) is 0 Å². The third-order valence-corrected chi connectivity index (χ3v) is 4.19. The molecule has 0 heterocycles. The average Bonchev–Trinajstić information content (AvgIpc) is 2.54. The molecule has 0 spiro atoms. The molecule has 0 fully saturated rings. The van der Waals surface area contributed by atoms with Gasteiger partial charge in [0.15, 0.2) is 0 Å². The number of ether oxygens (including phenoxy) is 1. The quantitative estimate of drug-likeness (QED) is 0.354. The smallest absolute Gasteiger partial charge is 0.284 e. The van der Waals surface area contributed by atoms with Crippen molar-refractivity contribution >= 4 is 34.3 Å². The van der Waals surface area contributed by atoms with Gasteiger partial charge in [-0.05, 0) is 42.4 Å². The average molecular weight is 367 g/mol. The summed E-state index contributed by atoms with van der Waals surface area (Å²) in [5, 5.41) is 13.8. The summed E-state index contributed by atoms with van der Waals surface area (Å²) in [6, 6.07) is 11.8. The number of nitro groups is 1. The Kier molecular flexibility index (Phi) is 6.45. The van der Waals surface area contributed by atoms with E-state index in [1.807, 2.05) is 0 Å². The van der Waals surface area contributed by atoms with Gasteiger partial charge in [-0.15, -0.1) is 0 Å². The molecule has 1 N–H and O–H groups in total. The van der Waals surface area contributed by atoms with Crippen molar-refractivity contribution in [3.63, 3.8) is 0 Å². The molecule has 1 amide bonds. The van der Waals surface area contributed by atoms with E-state index in [4.69, 9.17) is 16.3 Å². The number of rotatable bonds is 6. The molecule has 6 nitrogen and oxygen atoms in total. The number of hydrogen-bond donors (Lipinski definition) is 1. The zero-order valence-corrected chi connectivity index (χ0v) is 14.4. The Morgan fingerprint density at radius 2 is 2.08 bits per heavy atom. The number of nitro benzene ring substituents is 1. The van der Waals surface area contributed by atoms with Gasteiger partial charge in [-0.25, -0.2) is 0 Å². The van der Waals surface area contributed by atoms with Gasteiger partial charge in [-0.3, -0.25) is 14.9 Å². The largest absolute Gasteiger partial charge is 0.490 e. The number of thioether (sulfide) groups is 1. The van der Waals surface area contributed by atoms with Crippen LogP contribution in [0, 0.1) is 17.0 Å². The van der Waals surface area contributed by atoms with Crippen molar-refractivity contribution in [2.45, 2.75) is 11.8 Å². The molecule has 24 heavy (non-hydrogen) atoms. The van der Waals surface area contributed by atoms with Crippen LogP contribution in [0.1, 0.15) is 5.56 Å². The molecule has 0 unspecified atom stereocenters. The van der Waals surface area contributed by atoms with Crippen LogP contribution in [0.5, 0.6) is 5.75 Å². The van der Waals surface area contributed by atoms with Gasteiger partial charge in [0.2, 0.25) is 0 Å². The monoisotopic (exact) mass is 366 g/mol. The van der Waals surface area contributed by atoms with Gasteiger partial charge >= 0.3 is 0 Å². The highest BCUT2D eigenvalue weighted by Crippen LogP contribution is 2.30. The van der Waals surface area contributed by atoms with Crippen LogP contribution in [0.25, 0.3) is 0 Å². The van der Waals surface area contributed by atoms with Gasteiger partial charge < -0.3 is 10.1 Å². The number of nitrogens with zero attached hydrogens (tertiary/aromatic N) is 1. The minimum absolute atomic E-state index is 0.0810. The van der Waals surface area contributed by atoms with Crippen LogP contribution in [0.15, 0.2) is 47.4 Å². The van der Waals surface area contributed by atoms with Crippen molar-refractivity contribution in [1.82, 2.24) is 5.32 Å². The summed E-state index contributed by atoms with van der Waals surface area (Å²) in [5.74, 6) is 0.537. The number of halogens is 1. The van der Waals surface area contributed by atoms with E-state index in [0.717, 1.165) is 17.3 Å². The number of carbonyl (C=O) groups is 1. The first-order valence-electron chi connectivity index (χ1n) is 7.05. The molecule has 2 aromatic carbocycles. The second-order valence-electron chi connectivity index (χ2n) is 4.82. The molecule has 0 bridgehead atoms. The first kappa shape index (κ1) is 18.1. The van der Waals surface area contributed by atoms with Gasteiger partial charge in [-0.1, -0.05) is 29.8 Å². The van der Waals surface area contributed by atoms with Crippen molar-refractivity contribution in [1.29, 1.82) is 0 Å². The molecular weight excluding hydrogens is 352 g/mol. The number of amides is 1. The number of nitrogens with one attached hydrogen (secondary N) is 1. The van der Waals surface area contributed by atoms with Gasteiger partial charge in [0.25, 0.3) is 10.9 Å². The zero-order valence-electron chi connectivity index (χ0n) is 12.8. The summed E-state index contributed by atoms with van der Waals surface area (Å²) < 4.78 is 5.45. The Labute approximate surface area is 148 Å². The van der Waals surface area contributed by atoms with Crippen LogP contribution in [0.4, 0.5) is 10.5 Å². The number of aryl methyl sites for hydroxylation is 1. The van der Waals surface area contributed by atoms with E-state index in [1.165, 1.54) is 6.07 Å². The van der Waals surface area contributed by atoms with E-state index < -0.39 is 4.92 Å². The van der Waals surface area contributed by atoms with Crippen LogP contribution in [0.3, 0.4) is 0 Å². The lowest BCUT2D eigenvalue weighted by molar-refractivity contribution is -0.387. The van der Waals surface area contributed by atoms with Crippen LogP contribution in [0.2, 0.25) is 5.02 Å². The normalized spacial score (nSPS) is 10.2. The second-order valence-corrected chi connectivity index (χ2v) is 6.25. The Bertz CT molecular complexity index is 755. The zero-order chi connectivity index (χ0) is 17.5. The summed E-state index contributed by atoms with van der Waals surface area (Å²) >= 11 is 6.74. The second kappa shape index (κ2) is 8.56. The minimum Gasteiger partial charge on any atom is -0.490 e. The van der Waals surface area contributed by atoms with Gasteiger partial charge in [0.05, 0.1) is 21.4 Å². The Hall–Kier alpha value is -2.25. The Morgan fingerprint density at radius 3 is 2.79 bits per heavy atom. The highest BCUT2D eigenvalue weighted by molar-refractivity contribution is 8.13. The lowest BCUT2D eigenvalue weighted by Crippen LogP contribution is -2.24. The van der Waals surface area contributed by atoms with Crippen molar-refractivity contribution < 1.29 is 14.5 Å². The molecule has 126 valence electrons. The topological polar surface area (TPSA) is 81.5 Å². The fraction of sp³-hybridized carbons (Fsp3) is 0.188. The molecule has 2 aromatic rings. The summed E-state index contributed by atoms with van der Waals surface area (Å²) in [4.78, 5) is 22.7. The predicted molar refractivity (Wildman–Crippen MR) is 94.0 cm³/mol. The Morgan fingerprint density at radius 1 is 1.33 bits per heavy atom. The highest BCUT2D eigenvalue weighted by atomic mass is 35.5. The standard InChI is InChI=1S/C16H15ClN2O4S/c1-11-6-7-15(13(10-11)19(21)22)24-16(20)18-8-9-23-14-5-3-2-4-12(14)17/h2-7,10H,8-9H2,1H3,(H,18,20). The van der Waals surface area contributed by atoms with Crippen LogP contribution in [-0.2, 0) is 0 Å². The molecule has 0 aliphatic carbocycles. The molecule has 8 heteroatoms. The third kappa shape index (κ3) is 5.14. The van der Waals surface area contributed by atoms with Crippen LogP contribution in [-0.4, -0.2) is 23.3 Å². The van der Waals surface area contributed by atoms with Crippen LogP contribution < -0.4 is 10.1 Å². The fourth-order valence-electron chi connectivity index (χ4n) is 1.87. The maximum Gasteiger partial charge on any atom is 0.284 e. The summed E-state index contributed by atoms with van der Waals surface area (Å²) in [5.41, 5.74) is 0.682. The van der Waals surface area contributed by atoms with E-state index in [-0.39, 0.29) is 24.1 Å². The SMILES string of the molecule is Cc1ccc(SC(=O)NCCOc2ccccc2Cl)c([N+](=O)[O-])c1. The molecule has 0 aliphatic rings. The van der Waals surface area contributed by atoms with Crippen molar-refractivity contribution in [2.75, 3.05) is 13.2 Å². The first-order chi connectivity index (χ1) is 11.5. The van der Waals surface area contributed by atoms with E-state index in [0.29, 0.717) is 15.7 Å². The molecule has 0 saturated carbocycles.